The summed E-state index contributed by atoms with van der Waals surface area (Å²) in [7, 11) is 0. The lowest BCUT2D eigenvalue weighted by Gasteiger charge is -2.21. The van der Waals surface area contributed by atoms with Gasteiger partial charge in [0.05, 0.1) is 0 Å². The predicted molar refractivity (Wildman–Crippen MR) is 69.9 cm³/mol. The summed E-state index contributed by atoms with van der Waals surface area (Å²) in [4.78, 5) is 13.4. The van der Waals surface area contributed by atoms with E-state index < -0.39 is 0 Å². The number of carbonyl (C=O) groups is 1. The minimum absolute atomic E-state index is 0. The van der Waals surface area contributed by atoms with Gasteiger partial charge in [0.15, 0.2) is 0 Å². The van der Waals surface area contributed by atoms with Crippen molar-refractivity contribution in [3.63, 3.8) is 0 Å². The second-order valence-electron chi connectivity index (χ2n) is 3.80. The van der Waals surface area contributed by atoms with Gasteiger partial charge < -0.3 is 10.6 Å². The molecule has 0 saturated heterocycles. The summed E-state index contributed by atoms with van der Waals surface area (Å²) in [5, 5.41) is 0. The number of nitrogens with two attached hydrogens (primary N) is 1. The van der Waals surface area contributed by atoms with Crippen LogP contribution < -0.4 is 10.6 Å². The number of anilines is 1. The SMILES string of the molecule is CCN(C(=O)CC(C)N)c1ccc(F)cc1.Cl. The van der Waals surface area contributed by atoms with Gasteiger partial charge >= 0.3 is 0 Å². The Labute approximate surface area is 107 Å². The summed E-state index contributed by atoms with van der Waals surface area (Å²) in [6, 6.07) is 5.71. The highest BCUT2D eigenvalue weighted by Crippen LogP contribution is 2.15. The molecule has 1 amide bonds. The van der Waals surface area contributed by atoms with Crippen LogP contribution in [-0.2, 0) is 4.79 Å². The first-order valence-corrected chi connectivity index (χ1v) is 5.36. The van der Waals surface area contributed by atoms with E-state index >= 15 is 0 Å². The number of benzene rings is 1. The lowest BCUT2D eigenvalue weighted by atomic mass is 10.2. The maximum Gasteiger partial charge on any atom is 0.228 e. The third kappa shape index (κ3) is 4.71. The Morgan fingerprint density at radius 3 is 2.35 bits per heavy atom. The van der Waals surface area contributed by atoms with E-state index in [0.29, 0.717) is 18.7 Å². The van der Waals surface area contributed by atoms with Crippen LogP contribution in [0.5, 0.6) is 0 Å². The molecule has 1 aromatic carbocycles. The van der Waals surface area contributed by atoms with Gasteiger partial charge in [-0.05, 0) is 38.1 Å². The molecule has 0 saturated carbocycles. The van der Waals surface area contributed by atoms with Crippen molar-refractivity contribution in [3.8, 4) is 0 Å². The van der Waals surface area contributed by atoms with E-state index in [9.17, 15) is 9.18 Å². The van der Waals surface area contributed by atoms with E-state index in [-0.39, 0.29) is 30.2 Å². The van der Waals surface area contributed by atoms with E-state index in [4.69, 9.17) is 5.73 Å². The summed E-state index contributed by atoms with van der Waals surface area (Å²) in [6.07, 6.45) is 0.297. The molecule has 0 bridgehead atoms. The van der Waals surface area contributed by atoms with E-state index in [1.54, 1.807) is 24.0 Å². The van der Waals surface area contributed by atoms with Crippen molar-refractivity contribution in [3.05, 3.63) is 30.1 Å². The Kier molecular flexibility index (Phi) is 6.76. The third-order valence-corrected chi connectivity index (χ3v) is 2.25. The molecule has 2 N–H and O–H groups in total. The fourth-order valence-corrected chi connectivity index (χ4v) is 1.51. The molecule has 0 spiro atoms. The van der Waals surface area contributed by atoms with Gasteiger partial charge in [0.25, 0.3) is 0 Å². The first kappa shape index (κ1) is 15.9. The van der Waals surface area contributed by atoms with Crippen LogP contribution in [0, 0.1) is 5.82 Å². The first-order chi connectivity index (χ1) is 7.54. The highest BCUT2D eigenvalue weighted by molar-refractivity contribution is 5.93. The van der Waals surface area contributed by atoms with Crippen LogP contribution in [0.3, 0.4) is 0 Å². The number of carbonyl (C=O) groups excluding carboxylic acids is 1. The zero-order valence-electron chi connectivity index (χ0n) is 10.0. The van der Waals surface area contributed by atoms with Crippen molar-refractivity contribution in [1.82, 2.24) is 0 Å². The molecule has 1 aromatic rings. The predicted octanol–water partition coefficient (Wildman–Crippen LogP) is 2.34. The van der Waals surface area contributed by atoms with Crippen molar-refractivity contribution < 1.29 is 9.18 Å². The zero-order valence-corrected chi connectivity index (χ0v) is 10.8. The van der Waals surface area contributed by atoms with Gasteiger partial charge in [-0.15, -0.1) is 12.4 Å². The smallest absolute Gasteiger partial charge is 0.228 e. The number of nitrogens with zero attached hydrogens (tertiary/aromatic N) is 1. The van der Waals surface area contributed by atoms with Crippen molar-refractivity contribution in [1.29, 1.82) is 0 Å². The van der Waals surface area contributed by atoms with Gasteiger partial charge in [0, 0.05) is 24.7 Å². The average molecular weight is 261 g/mol. The first-order valence-electron chi connectivity index (χ1n) is 5.36. The molecule has 0 radical (unpaired) electrons. The van der Waals surface area contributed by atoms with E-state index in [1.807, 2.05) is 6.92 Å². The normalized spacial score (nSPS) is 11.5. The molecule has 1 unspecified atom stereocenters. The molecule has 0 aliphatic carbocycles. The van der Waals surface area contributed by atoms with E-state index in [1.165, 1.54) is 12.1 Å². The van der Waals surface area contributed by atoms with Gasteiger partial charge in [0.2, 0.25) is 5.91 Å². The lowest BCUT2D eigenvalue weighted by molar-refractivity contribution is -0.118. The summed E-state index contributed by atoms with van der Waals surface area (Å²) in [5.41, 5.74) is 6.28. The molecule has 96 valence electrons. The molecular formula is C12H18ClFN2O. The molecule has 0 fully saturated rings. The molecule has 3 nitrogen and oxygen atoms in total. The number of hydrogen-bond donors (Lipinski definition) is 1. The number of halogens is 2. The van der Waals surface area contributed by atoms with Gasteiger partial charge in [-0.25, -0.2) is 4.39 Å². The molecule has 0 heterocycles. The standard InChI is InChI=1S/C12H17FN2O.ClH/c1-3-15(12(16)8-9(2)14)11-6-4-10(13)5-7-11;/h4-7,9H,3,8,14H2,1-2H3;1H. The molecule has 0 aromatic heterocycles. The van der Waals surface area contributed by atoms with Crippen LogP contribution in [0.25, 0.3) is 0 Å². The quantitative estimate of drug-likeness (QED) is 0.903. The second-order valence-corrected chi connectivity index (χ2v) is 3.80. The molecule has 1 atom stereocenters. The van der Waals surface area contributed by atoms with Crippen LogP contribution in [0.2, 0.25) is 0 Å². The van der Waals surface area contributed by atoms with Crippen LogP contribution in [0.15, 0.2) is 24.3 Å². The fourth-order valence-electron chi connectivity index (χ4n) is 1.51. The Morgan fingerprint density at radius 2 is 1.94 bits per heavy atom. The molecular weight excluding hydrogens is 243 g/mol. The maximum atomic E-state index is 12.7. The van der Waals surface area contributed by atoms with Crippen LogP contribution in [0.1, 0.15) is 20.3 Å². The fraction of sp³-hybridized carbons (Fsp3) is 0.417. The topological polar surface area (TPSA) is 46.3 Å². The van der Waals surface area contributed by atoms with E-state index in [0.717, 1.165) is 0 Å². The van der Waals surface area contributed by atoms with Gasteiger partial charge in [-0.3, -0.25) is 4.79 Å². The minimum atomic E-state index is -0.306. The largest absolute Gasteiger partial charge is 0.327 e. The Bertz CT molecular complexity index is 354. The average Bonchev–Trinajstić information content (AvgIpc) is 2.21. The minimum Gasteiger partial charge on any atom is -0.327 e. The van der Waals surface area contributed by atoms with Crippen molar-refractivity contribution in [2.24, 2.45) is 5.73 Å². The summed E-state index contributed by atoms with van der Waals surface area (Å²) in [5.74, 6) is -0.344. The highest BCUT2D eigenvalue weighted by Gasteiger charge is 2.14. The summed E-state index contributed by atoms with van der Waals surface area (Å²) < 4.78 is 12.7. The number of rotatable bonds is 4. The second kappa shape index (κ2) is 7.25. The van der Waals surface area contributed by atoms with Crippen LogP contribution >= 0.6 is 12.4 Å². The van der Waals surface area contributed by atoms with Crippen LogP contribution in [-0.4, -0.2) is 18.5 Å². The molecule has 5 heteroatoms. The molecule has 1 rings (SSSR count). The highest BCUT2D eigenvalue weighted by atomic mass is 35.5. The molecule has 0 aliphatic heterocycles. The Morgan fingerprint density at radius 1 is 1.41 bits per heavy atom. The number of amides is 1. The zero-order chi connectivity index (χ0) is 12.1. The summed E-state index contributed by atoms with van der Waals surface area (Å²) in [6.45, 7) is 4.22. The Balaban J connectivity index is 0.00000256. The van der Waals surface area contributed by atoms with E-state index in [2.05, 4.69) is 0 Å². The van der Waals surface area contributed by atoms with Gasteiger partial charge in [0.1, 0.15) is 5.82 Å². The van der Waals surface area contributed by atoms with Crippen molar-refractivity contribution in [2.45, 2.75) is 26.3 Å². The Hall–Kier alpha value is -1.13. The number of hydrogen-bond acceptors (Lipinski definition) is 2. The van der Waals surface area contributed by atoms with Crippen molar-refractivity contribution in [2.75, 3.05) is 11.4 Å². The maximum absolute atomic E-state index is 12.7. The molecule has 17 heavy (non-hydrogen) atoms. The third-order valence-electron chi connectivity index (χ3n) is 2.25. The van der Waals surface area contributed by atoms with Crippen LogP contribution in [0.4, 0.5) is 10.1 Å². The van der Waals surface area contributed by atoms with Crippen molar-refractivity contribution >= 4 is 24.0 Å². The van der Waals surface area contributed by atoms with Gasteiger partial charge in [-0.1, -0.05) is 0 Å². The lowest BCUT2D eigenvalue weighted by Crippen LogP contribution is -2.34. The monoisotopic (exact) mass is 260 g/mol. The van der Waals surface area contributed by atoms with Gasteiger partial charge in [-0.2, -0.15) is 0 Å². The summed E-state index contributed by atoms with van der Waals surface area (Å²) >= 11 is 0. The molecule has 0 aliphatic rings.